The van der Waals surface area contributed by atoms with Crippen LogP contribution in [0.5, 0.6) is 11.6 Å². The van der Waals surface area contributed by atoms with Crippen molar-refractivity contribution in [3.05, 3.63) is 59.3 Å². The van der Waals surface area contributed by atoms with Gasteiger partial charge in [0.05, 0.1) is 30.2 Å². The second kappa shape index (κ2) is 10.0. The number of nitrogens with two attached hydrogens (primary N) is 1. The number of aryl methyl sites for hydroxylation is 2. The lowest BCUT2D eigenvalue weighted by atomic mass is 10.0. The van der Waals surface area contributed by atoms with Crippen molar-refractivity contribution in [3.63, 3.8) is 0 Å². The molecule has 0 radical (unpaired) electrons. The molecule has 0 bridgehead atoms. The number of carbonyl (C=O) groups excluding carboxylic acids is 2. The first kappa shape index (κ1) is 23.4. The summed E-state index contributed by atoms with van der Waals surface area (Å²) in [6.07, 6.45) is 4.56. The van der Waals surface area contributed by atoms with E-state index in [1.54, 1.807) is 41.2 Å². The number of hydrogen-bond donors (Lipinski definition) is 2. The summed E-state index contributed by atoms with van der Waals surface area (Å²) in [7, 11) is 1.84. The van der Waals surface area contributed by atoms with Crippen molar-refractivity contribution in [3.8, 4) is 11.6 Å². The van der Waals surface area contributed by atoms with Gasteiger partial charge in [-0.2, -0.15) is 10.1 Å². The fourth-order valence-electron chi connectivity index (χ4n) is 4.04. The molecular formula is C24H29N7O3. The molecule has 1 fully saturated rings. The molecule has 1 aliphatic rings. The molecule has 4 rings (SSSR count). The molecule has 0 spiro atoms. The zero-order chi connectivity index (χ0) is 24.2. The molecular weight excluding hydrogens is 434 g/mol. The van der Waals surface area contributed by atoms with Crippen LogP contribution in [0.15, 0.2) is 36.5 Å². The Bertz CT molecular complexity index is 1190. The van der Waals surface area contributed by atoms with Gasteiger partial charge in [-0.15, -0.1) is 0 Å². The number of primary amides is 1. The van der Waals surface area contributed by atoms with E-state index in [1.165, 1.54) is 0 Å². The minimum Gasteiger partial charge on any atom is -0.439 e. The molecule has 0 unspecified atom stereocenters. The topological polar surface area (TPSA) is 128 Å². The van der Waals surface area contributed by atoms with Gasteiger partial charge in [-0.1, -0.05) is 6.42 Å². The van der Waals surface area contributed by atoms with Crippen molar-refractivity contribution < 1.29 is 14.3 Å². The summed E-state index contributed by atoms with van der Waals surface area (Å²) in [6.45, 7) is 4.82. The maximum Gasteiger partial charge on any atom is 0.248 e. The third kappa shape index (κ3) is 5.40. The number of anilines is 1. The molecule has 10 heteroatoms. The van der Waals surface area contributed by atoms with E-state index in [4.69, 9.17) is 10.5 Å². The van der Waals surface area contributed by atoms with Crippen LogP contribution in [0.2, 0.25) is 0 Å². The van der Waals surface area contributed by atoms with Crippen LogP contribution >= 0.6 is 0 Å². The predicted molar refractivity (Wildman–Crippen MR) is 127 cm³/mol. The number of likely N-dealkylation sites (tertiary alicyclic amines) is 1. The maximum absolute atomic E-state index is 12.8. The summed E-state index contributed by atoms with van der Waals surface area (Å²) < 4.78 is 7.65. The van der Waals surface area contributed by atoms with Gasteiger partial charge in [-0.3, -0.25) is 19.2 Å². The number of rotatable bonds is 7. The van der Waals surface area contributed by atoms with Crippen molar-refractivity contribution in [1.82, 2.24) is 24.6 Å². The Labute approximate surface area is 198 Å². The third-order valence-corrected chi connectivity index (χ3v) is 5.98. The minimum atomic E-state index is -0.494. The van der Waals surface area contributed by atoms with Gasteiger partial charge in [-0.05, 0) is 57.5 Å². The van der Waals surface area contributed by atoms with Gasteiger partial charge in [-0.25, -0.2) is 4.98 Å². The fourth-order valence-corrected chi connectivity index (χ4v) is 4.04. The van der Waals surface area contributed by atoms with E-state index in [0.29, 0.717) is 28.7 Å². The molecule has 10 nitrogen and oxygen atoms in total. The molecule has 0 saturated carbocycles. The first-order valence-corrected chi connectivity index (χ1v) is 11.3. The maximum atomic E-state index is 12.8. The summed E-state index contributed by atoms with van der Waals surface area (Å²) in [6, 6.07) is 8.24. The molecule has 3 heterocycles. The van der Waals surface area contributed by atoms with E-state index in [9.17, 15) is 9.59 Å². The Hall–Kier alpha value is -3.79. The second-order valence-corrected chi connectivity index (χ2v) is 8.49. The van der Waals surface area contributed by atoms with E-state index >= 15 is 0 Å². The van der Waals surface area contributed by atoms with Crippen LogP contribution in [0.25, 0.3) is 0 Å². The zero-order valence-corrected chi connectivity index (χ0v) is 19.6. The first-order valence-electron chi connectivity index (χ1n) is 11.3. The molecule has 178 valence electrons. The van der Waals surface area contributed by atoms with Gasteiger partial charge in [0.1, 0.15) is 11.6 Å². The predicted octanol–water partition coefficient (Wildman–Crippen LogP) is 2.88. The number of aromatic nitrogens is 4. The standard InChI is InChI=1S/C24H29N7O3/c1-15-12-22(34-18-9-7-17(8-10-18)23(25)33)29-24(27-15)20-6-4-5-11-31(20)14-21(32)28-19-13-26-30(3)16(19)2/h7-10,12-13,20H,4-6,11,14H2,1-3H3,(H2,25,33)(H,28,32)/t20-/m0/s1. The highest BCUT2D eigenvalue weighted by Crippen LogP contribution is 2.31. The van der Waals surface area contributed by atoms with Gasteiger partial charge >= 0.3 is 0 Å². The van der Waals surface area contributed by atoms with E-state index in [1.807, 2.05) is 20.9 Å². The molecule has 1 saturated heterocycles. The Balaban J connectivity index is 1.49. The normalized spacial score (nSPS) is 16.3. The van der Waals surface area contributed by atoms with Crippen LogP contribution in [0.4, 0.5) is 5.69 Å². The molecule has 3 N–H and O–H groups in total. The summed E-state index contributed by atoms with van der Waals surface area (Å²) in [5.41, 5.74) is 8.09. The SMILES string of the molecule is Cc1cc(Oc2ccc(C(N)=O)cc2)nc([C@@H]2CCCCN2CC(=O)Nc2cnn(C)c2C)n1. The largest absolute Gasteiger partial charge is 0.439 e. The number of nitrogens with one attached hydrogen (secondary N) is 1. The molecule has 0 aliphatic carbocycles. The fraction of sp³-hybridized carbons (Fsp3) is 0.375. The van der Waals surface area contributed by atoms with E-state index < -0.39 is 5.91 Å². The first-order chi connectivity index (χ1) is 16.3. The minimum absolute atomic E-state index is 0.0889. The molecule has 1 aromatic carbocycles. The number of benzene rings is 1. The van der Waals surface area contributed by atoms with Crippen LogP contribution in [-0.4, -0.2) is 49.6 Å². The van der Waals surface area contributed by atoms with E-state index in [0.717, 1.165) is 37.2 Å². The lowest BCUT2D eigenvalue weighted by Gasteiger charge is -2.34. The van der Waals surface area contributed by atoms with Crippen LogP contribution in [-0.2, 0) is 11.8 Å². The summed E-state index contributed by atoms with van der Waals surface area (Å²) in [5, 5.41) is 7.13. The van der Waals surface area contributed by atoms with Crippen LogP contribution in [0, 0.1) is 13.8 Å². The number of nitrogens with zero attached hydrogens (tertiary/aromatic N) is 5. The summed E-state index contributed by atoms with van der Waals surface area (Å²) in [5.74, 6) is 0.998. The van der Waals surface area contributed by atoms with E-state index in [-0.39, 0.29) is 18.5 Å². The van der Waals surface area contributed by atoms with Crippen molar-refractivity contribution in [2.45, 2.75) is 39.2 Å². The van der Waals surface area contributed by atoms with Gasteiger partial charge in [0, 0.05) is 24.4 Å². The molecule has 2 aromatic heterocycles. The lowest BCUT2D eigenvalue weighted by Crippen LogP contribution is -2.40. The van der Waals surface area contributed by atoms with Crippen molar-refractivity contribution >= 4 is 17.5 Å². The van der Waals surface area contributed by atoms with Gasteiger partial charge < -0.3 is 15.8 Å². The number of hydrogen-bond acceptors (Lipinski definition) is 7. The number of piperidine rings is 1. The summed E-state index contributed by atoms with van der Waals surface area (Å²) >= 11 is 0. The third-order valence-electron chi connectivity index (χ3n) is 5.98. The highest BCUT2D eigenvalue weighted by atomic mass is 16.5. The quantitative estimate of drug-likeness (QED) is 0.551. The molecule has 2 amide bonds. The molecule has 34 heavy (non-hydrogen) atoms. The molecule has 3 aromatic rings. The van der Waals surface area contributed by atoms with Crippen LogP contribution < -0.4 is 15.8 Å². The van der Waals surface area contributed by atoms with Crippen molar-refractivity contribution in [1.29, 1.82) is 0 Å². The van der Waals surface area contributed by atoms with Gasteiger partial charge in [0.25, 0.3) is 0 Å². The van der Waals surface area contributed by atoms with Gasteiger partial charge in [0.15, 0.2) is 0 Å². The number of amides is 2. The zero-order valence-electron chi connectivity index (χ0n) is 19.6. The Morgan fingerprint density at radius 2 is 1.94 bits per heavy atom. The smallest absolute Gasteiger partial charge is 0.248 e. The molecule has 1 aliphatic heterocycles. The van der Waals surface area contributed by atoms with Crippen molar-refractivity contribution in [2.75, 3.05) is 18.4 Å². The number of carbonyl (C=O) groups is 2. The van der Waals surface area contributed by atoms with Crippen molar-refractivity contribution in [2.24, 2.45) is 12.8 Å². The van der Waals surface area contributed by atoms with E-state index in [2.05, 4.69) is 25.3 Å². The lowest BCUT2D eigenvalue weighted by molar-refractivity contribution is -0.118. The average molecular weight is 464 g/mol. The van der Waals surface area contributed by atoms with Gasteiger partial charge in [0.2, 0.25) is 17.7 Å². The highest BCUT2D eigenvalue weighted by Gasteiger charge is 2.28. The Morgan fingerprint density at radius 1 is 1.18 bits per heavy atom. The van der Waals surface area contributed by atoms with Crippen LogP contribution in [0.3, 0.4) is 0 Å². The molecule has 1 atom stereocenters. The average Bonchev–Trinajstić information content (AvgIpc) is 3.11. The summed E-state index contributed by atoms with van der Waals surface area (Å²) in [4.78, 5) is 35.5. The second-order valence-electron chi connectivity index (χ2n) is 8.49. The monoisotopic (exact) mass is 463 g/mol. The Morgan fingerprint density at radius 3 is 2.62 bits per heavy atom. The Kier molecular flexibility index (Phi) is 6.87. The number of ether oxygens (including phenoxy) is 1. The van der Waals surface area contributed by atoms with Crippen LogP contribution in [0.1, 0.15) is 52.9 Å². The highest BCUT2D eigenvalue weighted by molar-refractivity contribution is 5.93.